The average molecular weight is 188 g/mol. The highest BCUT2D eigenvalue weighted by Gasteiger charge is 2.17. The van der Waals surface area contributed by atoms with Gasteiger partial charge >= 0.3 is 0 Å². The first kappa shape index (κ1) is 7.86. The number of aromatic nitrogens is 2. The van der Waals surface area contributed by atoms with Gasteiger partial charge in [0.05, 0.1) is 0 Å². The molecule has 1 fully saturated rings. The van der Waals surface area contributed by atoms with Gasteiger partial charge in [-0.1, -0.05) is 0 Å². The Hall–Kier alpha value is -0.770. The Labute approximate surface area is 75.5 Å². The van der Waals surface area contributed by atoms with E-state index in [1.807, 2.05) is 0 Å². The van der Waals surface area contributed by atoms with Gasteiger partial charge in [-0.15, -0.1) is 11.6 Å². The van der Waals surface area contributed by atoms with Gasteiger partial charge in [0.25, 0.3) is 5.95 Å². The molecule has 1 aliphatic heterocycles. The van der Waals surface area contributed by atoms with Gasteiger partial charge in [-0.2, -0.15) is 4.98 Å². The summed E-state index contributed by atoms with van der Waals surface area (Å²) in [7, 11) is 0. The molecule has 5 heteroatoms. The molecule has 0 unspecified atom stereocenters. The van der Waals surface area contributed by atoms with E-state index < -0.39 is 0 Å². The zero-order valence-corrected chi connectivity index (χ0v) is 7.42. The van der Waals surface area contributed by atoms with Crippen LogP contribution in [0.3, 0.4) is 0 Å². The van der Waals surface area contributed by atoms with Crippen LogP contribution in [-0.2, 0) is 5.88 Å². The van der Waals surface area contributed by atoms with Crippen molar-refractivity contribution in [2.75, 3.05) is 18.0 Å². The predicted molar refractivity (Wildman–Crippen MR) is 45.3 cm³/mol. The minimum Gasteiger partial charge on any atom is -0.338 e. The summed E-state index contributed by atoms with van der Waals surface area (Å²) in [5.74, 6) is 1.47. The molecule has 2 heterocycles. The van der Waals surface area contributed by atoms with Crippen LogP contribution in [0.15, 0.2) is 4.52 Å². The minimum absolute atomic E-state index is 0.292. The van der Waals surface area contributed by atoms with Crippen molar-refractivity contribution in [2.24, 2.45) is 0 Å². The average Bonchev–Trinajstić information content (AvgIpc) is 2.75. The number of hydrogen-bond acceptors (Lipinski definition) is 4. The van der Waals surface area contributed by atoms with Crippen molar-refractivity contribution in [2.45, 2.75) is 18.7 Å². The number of alkyl halides is 1. The molecule has 0 N–H and O–H groups in total. The standard InChI is InChI=1S/C7H10ClN3O/c8-5-6-9-7(10-12-6)11-3-1-2-4-11/h1-5H2. The lowest BCUT2D eigenvalue weighted by Crippen LogP contribution is -2.18. The quantitative estimate of drug-likeness (QED) is 0.657. The summed E-state index contributed by atoms with van der Waals surface area (Å²) in [6, 6.07) is 0. The van der Waals surface area contributed by atoms with Gasteiger partial charge < -0.3 is 9.42 Å². The smallest absolute Gasteiger partial charge is 0.266 e. The summed E-state index contributed by atoms with van der Waals surface area (Å²) >= 11 is 5.53. The molecular weight excluding hydrogens is 178 g/mol. The lowest BCUT2D eigenvalue weighted by molar-refractivity contribution is 0.389. The highest BCUT2D eigenvalue weighted by molar-refractivity contribution is 6.16. The predicted octanol–water partition coefficient (Wildman–Crippen LogP) is 1.41. The van der Waals surface area contributed by atoms with E-state index in [0.717, 1.165) is 13.1 Å². The van der Waals surface area contributed by atoms with Gasteiger partial charge in [0.1, 0.15) is 5.88 Å². The Morgan fingerprint density at radius 1 is 1.42 bits per heavy atom. The number of anilines is 1. The first-order valence-electron chi connectivity index (χ1n) is 4.03. The van der Waals surface area contributed by atoms with Crippen LogP contribution in [0, 0.1) is 0 Å². The Kier molecular flexibility index (Phi) is 2.17. The van der Waals surface area contributed by atoms with Crippen LogP contribution < -0.4 is 4.90 Å². The molecule has 0 radical (unpaired) electrons. The molecule has 2 rings (SSSR count). The lowest BCUT2D eigenvalue weighted by atomic mass is 10.4. The maximum Gasteiger partial charge on any atom is 0.266 e. The van der Waals surface area contributed by atoms with Crippen LogP contribution in [0.2, 0.25) is 0 Å². The van der Waals surface area contributed by atoms with Crippen molar-refractivity contribution in [1.82, 2.24) is 10.1 Å². The highest BCUT2D eigenvalue weighted by atomic mass is 35.5. The molecule has 1 aromatic heterocycles. The lowest BCUT2D eigenvalue weighted by Gasteiger charge is -2.09. The Morgan fingerprint density at radius 3 is 2.75 bits per heavy atom. The second-order valence-electron chi connectivity index (χ2n) is 2.82. The van der Waals surface area contributed by atoms with Crippen molar-refractivity contribution in [3.05, 3.63) is 5.89 Å². The van der Waals surface area contributed by atoms with Crippen molar-refractivity contribution in [1.29, 1.82) is 0 Å². The van der Waals surface area contributed by atoms with Crippen LogP contribution in [0.4, 0.5) is 5.95 Å². The minimum atomic E-state index is 0.292. The zero-order chi connectivity index (χ0) is 8.39. The van der Waals surface area contributed by atoms with Gasteiger partial charge in [-0.25, -0.2) is 0 Å². The van der Waals surface area contributed by atoms with Gasteiger partial charge in [-0.05, 0) is 18.0 Å². The van der Waals surface area contributed by atoms with E-state index in [9.17, 15) is 0 Å². The largest absolute Gasteiger partial charge is 0.338 e. The van der Waals surface area contributed by atoms with Crippen LogP contribution in [-0.4, -0.2) is 23.2 Å². The molecule has 1 aromatic rings. The summed E-state index contributed by atoms with van der Waals surface area (Å²) in [4.78, 5) is 6.24. The molecule has 1 saturated heterocycles. The van der Waals surface area contributed by atoms with Gasteiger partial charge in [-0.3, -0.25) is 0 Å². The van der Waals surface area contributed by atoms with Crippen LogP contribution in [0.1, 0.15) is 18.7 Å². The summed E-state index contributed by atoms with van der Waals surface area (Å²) in [5, 5.41) is 3.82. The fourth-order valence-corrected chi connectivity index (χ4v) is 1.45. The first-order chi connectivity index (χ1) is 5.90. The third-order valence-corrected chi connectivity index (χ3v) is 2.19. The van der Waals surface area contributed by atoms with E-state index in [0.29, 0.717) is 17.7 Å². The van der Waals surface area contributed by atoms with Crippen LogP contribution >= 0.6 is 11.6 Å². The zero-order valence-electron chi connectivity index (χ0n) is 6.66. The summed E-state index contributed by atoms with van der Waals surface area (Å²) in [5.41, 5.74) is 0. The fraction of sp³-hybridized carbons (Fsp3) is 0.714. The van der Waals surface area contributed by atoms with Gasteiger partial charge in [0, 0.05) is 13.1 Å². The molecule has 0 aromatic carbocycles. The van der Waals surface area contributed by atoms with E-state index in [-0.39, 0.29) is 0 Å². The van der Waals surface area contributed by atoms with E-state index in [1.165, 1.54) is 12.8 Å². The summed E-state index contributed by atoms with van der Waals surface area (Å²) < 4.78 is 4.89. The molecule has 0 aliphatic carbocycles. The molecule has 0 spiro atoms. The maximum absolute atomic E-state index is 5.53. The van der Waals surface area contributed by atoms with Crippen molar-refractivity contribution >= 4 is 17.5 Å². The molecule has 12 heavy (non-hydrogen) atoms. The highest BCUT2D eigenvalue weighted by Crippen LogP contribution is 2.16. The second kappa shape index (κ2) is 3.31. The Morgan fingerprint density at radius 2 is 2.17 bits per heavy atom. The third-order valence-electron chi connectivity index (χ3n) is 1.96. The molecule has 0 bridgehead atoms. The van der Waals surface area contributed by atoms with Crippen molar-refractivity contribution < 1.29 is 4.52 Å². The van der Waals surface area contributed by atoms with Crippen molar-refractivity contribution in [3.63, 3.8) is 0 Å². The molecule has 0 saturated carbocycles. The van der Waals surface area contributed by atoms with Gasteiger partial charge in [0.15, 0.2) is 0 Å². The molecule has 0 atom stereocenters. The molecule has 66 valence electrons. The Bertz CT molecular complexity index is 257. The second-order valence-corrected chi connectivity index (χ2v) is 3.08. The number of nitrogens with zero attached hydrogens (tertiary/aromatic N) is 3. The van der Waals surface area contributed by atoms with E-state index >= 15 is 0 Å². The monoisotopic (exact) mass is 187 g/mol. The SMILES string of the molecule is ClCc1nc(N2CCCC2)no1. The normalized spacial score (nSPS) is 17.2. The molecular formula is C7H10ClN3O. The van der Waals surface area contributed by atoms with Gasteiger partial charge in [0.2, 0.25) is 5.89 Å². The molecule has 1 aliphatic rings. The van der Waals surface area contributed by atoms with Crippen molar-refractivity contribution in [3.8, 4) is 0 Å². The maximum atomic E-state index is 5.53. The van der Waals surface area contributed by atoms with Crippen LogP contribution in [0.5, 0.6) is 0 Å². The summed E-state index contributed by atoms with van der Waals surface area (Å²) in [6.07, 6.45) is 2.43. The summed E-state index contributed by atoms with van der Waals surface area (Å²) in [6.45, 7) is 2.06. The van der Waals surface area contributed by atoms with E-state index in [2.05, 4.69) is 15.0 Å². The van der Waals surface area contributed by atoms with Crippen LogP contribution in [0.25, 0.3) is 0 Å². The molecule has 0 amide bonds. The number of hydrogen-bond donors (Lipinski definition) is 0. The molecule has 4 nitrogen and oxygen atoms in total. The fourth-order valence-electron chi connectivity index (χ4n) is 1.35. The van der Waals surface area contributed by atoms with E-state index in [1.54, 1.807) is 0 Å². The Balaban J connectivity index is 2.11. The third kappa shape index (κ3) is 1.39. The number of rotatable bonds is 2. The van der Waals surface area contributed by atoms with E-state index in [4.69, 9.17) is 16.1 Å². The number of halogens is 1. The first-order valence-corrected chi connectivity index (χ1v) is 4.57. The topological polar surface area (TPSA) is 42.2 Å².